The van der Waals surface area contributed by atoms with E-state index in [-0.39, 0.29) is 0 Å². The third-order valence-electron chi connectivity index (χ3n) is 3.65. The van der Waals surface area contributed by atoms with Crippen LogP contribution in [0.1, 0.15) is 30.5 Å². The Balaban J connectivity index is 1.62. The molecule has 1 N–H and O–H groups in total. The van der Waals surface area contributed by atoms with E-state index >= 15 is 0 Å². The largest absolute Gasteiger partial charge is 0.313 e. The highest BCUT2D eigenvalue weighted by Crippen LogP contribution is 2.31. The Labute approximate surface area is 108 Å². The van der Waals surface area contributed by atoms with Gasteiger partial charge in [-0.05, 0) is 49.6 Å². The lowest BCUT2D eigenvalue weighted by molar-refractivity contribution is 0.613. The molecule has 2 aromatic rings. The Morgan fingerprint density at radius 2 is 2.11 bits per heavy atom. The minimum Gasteiger partial charge on any atom is -0.313 e. The lowest BCUT2D eigenvalue weighted by atomic mass is 10.1. The summed E-state index contributed by atoms with van der Waals surface area (Å²) < 4.78 is 0. The van der Waals surface area contributed by atoms with Gasteiger partial charge in [0.15, 0.2) is 0 Å². The molecule has 0 bridgehead atoms. The maximum absolute atomic E-state index is 4.52. The van der Waals surface area contributed by atoms with Gasteiger partial charge in [-0.25, -0.2) is 0 Å². The maximum atomic E-state index is 4.52. The van der Waals surface area contributed by atoms with Crippen molar-refractivity contribution in [3.8, 4) is 0 Å². The van der Waals surface area contributed by atoms with Crippen molar-refractivity contribution in [3.05, 3.63) is 41.6 Å². The van der Waals surface area contributed by atoms with Crippen molar-refractivity contribution in [2.45, 2.75) is 32.7 Å². The molecule has 1 aliphatic carbocycles. The normalized spacial score (nSPS) is 15.2. The van der Waals surface area contributed by atoms with Gasteiger partial charge >= 0.3 is 0 Å². The molecule has 94 valence electrons. The second-order valence-corrected chi connectivity index (χ2v) is 5.39. The quantitative estimate of drug-likeness (QED) is 0.810. The van der Waals surface area contributed by atoms with Gasteiger partial charge in [0, 0.05) is 17.6 Å². The number of hydrogen-bond donors (Lipinski definition) is 1. The molecule has 1 heterocycles. The number of nitrogens with zero attached hydrogens (tertiary/aromatic N) is 1. The molecule has 0 spiro atoms. The van der Waals surface area contributed by atoms with E-state index in [2.05, 4.69) is 40.6 Å². The Morgan fingerprint density at radius 1 is 1.22 bits per heavy atom. The Morgan fingerprint density at radius 3 is 2.94 bits per heavy atom. The fraction of sp³-hybridized carbons (Fsp3) is 0.438. The highest BCUT2D eigenvalue weighted by Gasteiger charge is 2.19. The molecular formula is C16H20N2. The van der Waals surface area contributed by atoms with E-state index in [0.717, 1.165) is 30.2 Å². The van der Waals surface area contributed by atoms with Crippen LogP contribution in [0.2, 0.25) is 0 Å². The van der Waals surface area contributed by atoms with Gasteiger partial charge in [-0.1, -0.05) is 25.0 Å². The van der Waals surface area contributed by atoms with Gasteiger partial charge in [-0.3, -0.25) is 4.98 Å². The van der Waals surface area contributed by atoms with E-state index in [0.29, 0.717) is 0 Å². The zero-order valence-electron chi connectivity index (χ0n) is 10.9. The number of aryl methyl sites for hydroxylation is 1. The fourth-order valence-electron chi connectivity index (χ4n) is 2.33. The molecule has 0 amide bonds. The van der Waals surface area contributed by atoms with Crippen LogP contribution in [-0.4, -0.2) is 11.5 Å². The average molecular weight is 240 g/mol. The molecule has 1 aromatic heterocycles. The summed E-state index contributed by atoms with van der Waals surface area (Å²) in [6.45, 7) is 4.15. The second-order valence-electron chi connectivity index (χ2n) is 5.39. The molecule has 0 unspecified atom stereocenters. The first-order chi connectivity index (χ1) is 8.81. The van der Waals surface area contributed by atoms with Gasteiger partial charge < -0.3 is 5.32 Å². The summed E-state index contributed by atoms with van der Waals surface area (Å²) in [5, 5.41) is 4.77. The Hall–Kier alpha value is -1.41. The molecule has 0 aliphatic heterocycles. The van der Waals surface area contributed by atoms with Gasteiger partial charge in [0.2, 0.25) is 0 Å². The highest BCUT2D eigenvalue weighted by molar-refractivity contribution is 5.79. The van der Waals surface area contributed by atoms with Crippen LogP contribution in [0.4, 0.5) is 0 Å². The molecule has 1 aliphatic rings. The first-order valence-electron chi connectivity index (χ1n) is 6.88. The minimum absolute atomic E-state index is 0.969. The van der Waals surface area contributed by atoms with Crippen LogP contribution in [0, 0.1) is 12.8 Å². The first-order valence-corrected chi connectivity index (χ1v) is 6.88. The molecule has 18 heavy (non-hydrogen) atoms. The van der Waals surface area contributed by atoms with Crippen molar-refractivity contribution in [1.82, 2.24) is 10.3 Å². The molecule has 0 atom stereocenters. The van der Waals surface area contributed by atoms with Crippen molar-refractivity contribution >= 4 is 10.9 Å². The average Bonchev–Trinajstić information content (AvgIpc) is 3.19. The molecule has 1 aromatic carbocycles. The van der Waals surface area contributed by atoms with Gasteiger partial charge in [0.05, 0.1) is 5.52 Å². The molecule has 1 fully saturated rings. The van der Waals surface area contributed by atoms with E-state index in [4.69, 9.17) is 0 Å². The van der Waals surface area contributed by atoms with E-state index < -0.39 is 0 Å². The lowest BCUT2D eigenvalue weighted by Crippen LogP contribution is -2.15. The smallest absolute Gasteiger partial charge is 0.0705 e. The number of hydrogen-bond acceptors (Lipinski definition) is 2. The van der Waals surface area contributed by atoms with Gasteiger partial charge in [-0.2, -0.15) is 0 Å². The number of fused-ring (bicyclic) bond motifs is 1. The molecule has 2 heteroatoms. The van der Waals surface area contributed by atoms with Crippen LogP contribution in [-0.2, 0) is 6.54 Å². The third kappa shape index (κ3) is 2.88. The maximum Gasteiger partial charge on any atom is 0.0705 e. The standard InChI is InChI=1S/C16H20N2/c1-12-2-6-15-10-14(5-7-16(15)18-12)11-17-9-8-13-3-4-13/h2,5-7,10,13,17H,3-4,8-9,11H2,1H3. The van der Waals surface area contributed by atoms with Crippen LogP contribution in [0.25, 0.3) is 10.9 Å². The lowest BCUT2D eigenvalue weighted by Gasteiger charge is -2.06. The van der Waals surface area contributed by atoms with Gasteiger partial charge in [0.1, 0.15) is 0 Å². The van der Waals surface area contributed by atoms with Crippen molar-refractivity contribution in [2.75, 3.05) is 6.54 Å². The molecule has 0 radical (unpaired) electrons. The topological polar surface area (TPSA) is 24.9 Å². The minimum atomic E-state index is 0.969. The number of pyridine rings is 1. The number of rotatable bonds is 5. The summed E-state index contributed by atoms with van der Waals surface area (Å²) in [5.41, 5.74) is 3.53. The summed E-state index contributed by atoms with van der Waals surface area (Å²) >= 11 is 0. The van der Waals surface area contributed by atoms with Crippen molar-refractivity contribution in [2.24, 2.45) is 5.92 Å². The van der Waals surface area contributed by atoms with Crippen LogP contribution in [0.3, 0.4) is 0 Å². The van der Waals surface area contributed by atoms with Crippen LogP contribution in [0.15, 0.2) is 30.3 Å². The zero-order chi connectivity index (χ0) is 12.4. The fourth-order valence-corrected chi connectivity index (χ4v) is 2.33. The number of aromatic nitrogens is 1. The highest BCUT2D eigenvalue weighted by atomic mass is 14.8. The van der Waals surface area contributed by atoms with E-state index in [1.807, 2.05) is 6.92 Å². The van der Waals surface area contributed by atoms with Crippen molar-refractivity contribution in [3.63, 3.8) is 0 Å². The molecule has 1 saturated carbocycles. The monoisotopic (exact) mass is 240 g/mol. The molecule has 2 nitrogen and oxygen atoms in total. The van der Waals surface area contributed by atoms with E-state index in [1.54, 1.807) is 0 Å². The van der Waals surface area contributed by atoms with E-state index in [1.165, 1.54) is 30.2 Å². The SMILES string of the molecule is Cc1ccc2cc(CNCCC3CC3)ccc2n1. The Bertz CT molecular complexity index is 544. The summed E-state index contributed by atoms with van der Waals surface area (Å²) in [5.74, 6) is 1.02. The van der Waals surface area contributed by atoms with Crippen LogP contribution >= 0.6 is 0 Å². The molecule has 0 saturated heterocycles. The predicted molar refractivity (Wildman–Crippen MR) is 75.5 cm³/mol. The van der Waals surface area contributed by atoms with Crippen LogP contribution in [0.5, 0.6) is 0 Å². The Kier molecular flexibility index (Phi) is 3.28. The molecule has 3 rings (SSSR count). The van der Waals surface area contributed by atoms with Gasteiger partial charge in [0.25, 0.3) is 0 Å². The number of benzene rings is 1. The van der Waals surface area contributed by atoms with Crippen molar-refractivity contribution < 1.29 is 0 Å². The van der Waals surface area contributed by atoms with E-state index in [9.17, 15) is 0 Å². The summed E-state index contributed by atoms with van der Waals surface area (Å²) in [4.78, 5) is 4.52. The first kappa shape index (κ1) is 11.7. The number of nitrogens with one attached hydrogen (secondary N) is 1. The summed E-state index contributed by atoms with van der Waals surface area (Å²) in [6, 6.07) is 10.8. The zero-order valence-corrected chi connectivity index (χ0v) is 10.9. The predicted octanol–water partition coefficient (Wildman–Crippen LogP) is 3.43. The van der Waals surface area contributed by atoms with Crippen molar-refractivity contribution in [1.29, 1.82) is 0 Å². The second kappa shape index (κ2) is 5.07. The van der Waals surface area contributed by atoms with Gasteiger partial charge in [-0.15, -0.1) is 0 Å². The third-order valence-corrected chi connectivity index (χ3v) is 3.65. The summed E-state index contributed by atoms with van der Waals surface area (Å²) in [6.07, 6.45) is 4.24. The van der Waals surface area contributed by atoms with Crippen LogP contribution < -0.4 is 5.32 Å². The molecular weight excluding hydrogens is 220 g/mol. The summed E-state index contributed by atoms with van der Waals surface area (Å²) in [7, 11) is 0.